The summed E-state index contributed by atoms with van der Waals surface area (Å²) >= 11 is 0. The third-order valence-corrected chi connectivity index (χ3v) is 14.5. The second-order valence-electron chi connectivity index (χ2n) is 19.9. The lowest BCUT2D eigenvalue weighted by Crippen LogP contribution is -2.37. The topological polar surface area (TPSA) is 270 Å². The molecule has 0 aliphatic carbocycles. The molecule has 20 heteroatoms. The van der Waals surface area contributed by atoms with Crippen LogP contribution in [0.15, 0.2) is 153 Å². The molecule has 0 fully saturated rings. The van der Waals surface area contributed by atoms with E-state index in [9.17, 15) is 38.4 Å². The lowest BCUT2D eigenvalue weighted by Gasteiger charge is -2.10. The van der Waals surface area contributed by atoms with Crippen LogP contribution in [0.3, 0.4) is 0 Å². The molecule has 0 saturated carbocycles. The maximum Gasteiger partial charge on any atom is 0.329 e. The number of fused-ring (bicyclic) bond motifs is 4. The molecule has 0 amide bonds. The Hall–Kier alpha value is -9.92. The summed E-state index contributed by atoms with van der Waals surface area (Å²) in [5.74, 6) is -1.82. The summed E-state index contributed by atoms with van der Waals surface area (Å²) in [5.41, 5.74) is 5.10. The number of carboxylic acid groups (broad SMARTS) is 2. The van der Waals surface area contributed by atoms with E-state index in [0.29, 0.717) is 33.7 Å². The van der Waals surface area contributed by atoms with Crippen molar-refractivity contribution in [3.63, 3.8) is 0 Å². The zero-order valence-electron chi connectivity index (χ0n) is 45.0. The van der Waals surface area contributed by atoms with Crippen molar-refractivity contribution in [2.75, 3.05) is 39.4 Å². The number of pyridine rings is 2. The summed E-state index contributed by atoms with van der Waals surface area (Å²) in [5, 5.41) is 25.5. The van der Waals surface area contributed by atoms with Crippen molar-refractivity contribution in [3.05, 3.63) is 209 Å². The van der Waals surface area contributed by atoms with E-state index in [-0.39, 0.29) is 44.5 Å². The number of ether oxygens (including phenoxy) is 2. The smallest absolute Gasteiger partial charge is 0.329 e. The highest BCUT2D eigenvalue weighted by Crippen LogP contribution is 2.37. The van der Waals surface area contributed by atoms with Crippen LogP contribution in [0.2, 0.25) is 0 Å². The molecule has 0 saturated heterocycles. The molecule has 10 aromatic rings. The fourth-order valence-electron chi connectivity index (χ4n) is 10.5. The molecule has 20 nitrogen and oxygen atoms in total. The second kappa shape index (κ2) is 24.2. The van der Waals surface area contributed by atoms with Crippen LogP contribution in [-0.2, 0) is 22.7 Å². The van der Waals surface area contributed by atoms with Crippen LogP contribution >= 0.6 is 0 Å². The molecule has 0 spiro atoms. The Morgan fingerprint density at radius 2 is 0.890 bits per heavy atom. The van der Waals surface area contributed by atoms with Gasteiger partial charge < -0.3 is 49.1 Å². The summed E-state index contributed by atoms with van der Waals surface area (Å²) in [6.07, 6.45) is 7.35. The monoisotopic (exact) mass is 1110 g/mol. The van der Waals surface area contributed by atoms with Gasteiger partial charge in [0, 0.05) is 34.6 Å². The summed E-state index contributed by atoms with van der Waals surface area (Å²) in [6, 6.07) is 35.7. The number of hydrogen-bond donors (Lipinski definition) is 6. The number of nitrogens with zero attached hydrogens (tertiary/aromatic N) is 4. The molecule has 0 aliphatic rings. The number of hydrogen-bond acceptors (Lipinski definition) is 12. The Bertz CT molecular complexity index is 4080. The molecule has 0 bridgehead atoms. The molecule has 0 unspecified atom stereocenters. The van der Waals surface area contributed by atoms with Gasteiger partial charge in [0.05, 0.1) is 57.4 Å². The van der Waals surface area contributed by atoms with E-state index in [0.717, 1.165) is 108 Å². The van der Waals surface area contributed by atoms with Crippen LogP contribution in [0.5, 0.6) is 11.5 Å². The van der Waals surface area contributed by atoms with Crippen molar-refractivity contribution >= 4 is 56.3 Å². The third-order valence-electron chi connectivity index (χ3n) is 14.5. The van der Waals surface area contributed by atoms with Gasteiger partial charge >= 0.3 is 23.3 Å². The number of unbranched alkanes of at least 4 members (excludes halogenated alkanes) is 1. The highest BCUT2D eigenvalue weighted by molar-refractivity contribution is 6.14. The number of nitrogens with one attached hydrogen (secondary N) is 4. The van der Waals surface area contributed by atoms with Gasteiger partial charge in [0.2, 0.25) is 11.6 Å². The molecule has 6 N–H and O–H groups in total. The molecular weight excluding hydrogens is 1050 g/mol. The molecule has 4 aromatic carbocycles. The number of carbonyl (C=O) groups is 4. The van der Waals surface area contributed by atoms with Crippen LogP contribution in [0, 0.1) is 13.8 Å². The van der Waals surface area contributed by atoms with Gasteiger partial charge in [-0.05, 0) is 161 Å². The van der Waals surface area contributed by atoms with Crippen molar-refractivity contribution < 1.29 is 38.9 Å². The lowest BCUT2D eigenvalue weighted by molar-refractivity contribution is -0.138. The highest BCUT2D eigenvalue weighted by Gasteiger charge is 2.26. The van der Waals surface area contributed by atoms with Crippen LogP contribution in [0.25, 0.3) is 55.1 Å². The molecule has 0 aliphatic heterocycles. The number of rotatable bonds is 25. The zero-order chi connectivity index (χ0) is 57.6. The predicted octanol–water partition coefficient (Wildman–Crippen LogP) is 6.98. The van der Waals surface area contributed by atoms with E-state index >= 15 is 0 Å². The van der Waals surface area contributed by atoms with Gasteiger partial charge in [-0.3, -0.25) is 28.8 Å². The first-order valence-corrected chi connectivity index (χ1v) is 26.8. The summed E-state index contributed by atoms with van der Waals surface area (Å²) < 4.78 is 17.0. The molecule has 6 heterocycles. The Morgan fingerprint density at radius 1 is 0.500 bits per heavy atom. The van der Waals surface area contributed by atoms with Crippen molar-refractivity contribution in [2.45, 2.75) is 52.6 Å². The van der Waals surface area contributed by atoms with Gasteiger partial charge in [0.1, 0.15) is 24.6 Å². The maximum atomic E-state index is 14.2. The standard InChI is InChI=1S/C62H58N8O12/c1-37-53(49-11-3-7-29-67(49)55(37)57(75)41-17-23-45-47(33-41)65-61(79)69(59(45)77)35-51(71)72)39-13-19-43(20-14-39)81-31-9-27-63-25-5-6-26-64-28-10-32-82-44-21-15-40(16-22-44)54-38(2)56(68-30-8-4-12-50(54)68)58(76)42-18-24-46-48(34-42)66-62(80)70(60(46)78)36-52(73)74/h3-4,7-8,11-24,29-30,33-34,63-64H,5-6,9-10,25-28,31-32,35-36H2,1-2H3,(H,65,79)(H,66,80)(H,71,72)(H,73,74). The Kier molecular flexibility index (Phi) is 16.4. The first-order chi connectivity index (χ1) is 39.7. The molecule has 6 aromatic heterocycles. The Balaban J connectivity index is 0.635. The highest BCUT2D eigenvalue weighted by atomic mass is 16.5. The number of benzene rings is 4. The number of aromatic nitrogens is 6. The van der Waals surface area contributed by atoms with Gasteiger partial charge in [0.15, 0.2) is 0 Å². The zero-order valence-corrected chi connectivity index (χ0v) is 45.0. The Labute approximate surface area is 466 Å². The van der Waals surface area contributed by atoms with Crippen LogP contribution in [-0.4, -0.2) is 101 Å². The average molecular weight is 1110 g/mol. The number of carbonyl (C=O) groups excluding carboxylic acids is 2. The largest absolute Gasteiger partial charge is 0.494 e. The fourth-order valence-corrected chi connectivity index (χ4v) is 10.5. The van der Waals surface area contributed by atoms with Crippen LogP contribution < -0.4 is 42.6 Å². The van der Waals surface area contributed by atoms with E-state index in [1.165, 1.54) is 36.4 Å². The van der Waals surface area contributed by atoms with Crippen molar-refractivity contribution in [1.82, 2.24) is 38.5 Å². The fraction of sp³-hybridized carbons (Fsp3) is 0.226. The number of ketones is 2. The molecule has 418 valence electrons. The SMILES string of the molecule is Cc1c(-c2ccc(OCCCNCCCCNCCCOc3ccc(-c4c(C)c(C(=O)c5ccc6c(=O)n(CC(=O)O)c(=O)[nH]c6c5)n5ccccc45)cc3)cc2)c2ccccn2c1C(=O)c1ccc2c(=O)n(CC(=O)O)c(=O)[nH]c2c1. The van der Waals surface area contributed by atoms with Crippen molar-refractivity contribution in [3.8, 4) is 33.8 Å². The average Bonchev–Trinajstić information content (AvgIpc) is 3.72. The third kappa shape index (κ3) is 11.4. The summed E-state index contributed by atoms with van der Waals surface area (Å²) in [6.45, 7) is 6.72. The number of carboxylic acids is 2. The molecule has 0 radical (unpaired) electrons. The maximum absolute atomic E-state index is 14.2. The van der Waals surface area contributed by atoms with Gasteiger partial charge in [-0.1, -0.05) is 48.5 Å². The van der Waals surface area contributed by atoms with Crippen molar-refractivity contribution in [1.29, 1.82) is 0 Å². The molecule has 82 heavy (non-hydrogen) atoms. The Morgan fingerprint density at radius 3 is 1.28 bits per heavy atom. The van der Waals surface area contributed by atoms with E-state index in [1.807, 2.05) is 120 Å². The molecule has 10 rings (SSSR count). The van der Waals surface area contributed by atoms with Gasteiger partial charge in [0.25, 0.3) is 11.1 Å². The molecular formula is C62H58N8O12. The first kappa shape index (κ1) is 55.4. The van der Waals surface area contributed by atoms with Gasteiger partial charge in [-0.2, -0.15) is 0 Å². The first-order valence-electron chi connectivity index (χ1n) is 26.8. The van der Waals surface area contributed by atoms with Gasteiger partial charge in [-0.15, -0.1) is 0 Å². The number of H-pyrrole nitrogens is 2. The van der Waals surface area contributed by atoms with E-state index in [4.69, 9.17) is 19.7 Å². The quantitative estimate of drug-likeness (QED) is 0.0249. The number of aliphatic carboxylic acids is 2. The van der Waals surface area contributed by atoms with E-state index in [2.05, 4.69) is 20.6 Å². The minimum absolute atomic E-state index is 0.0921. The normalized spacial score (nSPS) is 11.5. The summed E-state index contributed by atoms with van der Waals surface area (Å²) in [4.78, 5) is 107. The minimum Gasteiger partial charge on any atom is -0.494 e. The second-order valence-corrected chi connectivity index (χ2v) is 19.9. The van der Waals surface area contributed by atoms with E-state index in [1.54, 1.807) is 0 Å². The van der Waals surface area contributed by atoms with Gasteiger partial charge in [-0.25, -0.2) is 18.7 Å². The predicted molar refractivity (Wildman–Crippen MR) is 310 cm³/mol. The lowest BCUT2D eigenvalue weighted by atomic mass is 9.98. The van der Waals surface area contributed by atoms with E-state index < -0.39 is 47.5 Å². The molecule has 0 atom stereocenters. The van der Waals surface area contributed by atoms with Crippen molar-refractivity contribution in [2.24, 2.45) is 0 Å². The number of aromatic amines is 2. The van der Waals surface area contributed by atoms with Crippen LogP contribution in [0.4, 0.5) is 0 Å². The van der Waals surface area contributed by atoms with Crippen LogP contribution in [0.1, 0.15) is 68.9 Å². The summed E-state index contributed by atoms with van der Waals surface area (Å²) in [7, 11) is 0. The minimum atomic E-state index is -1.33.